The van der Waals surface area contributed by atoms with E-state index >= 15 is 0 Å². The highest BCUT2D eigenvalue weighted by Crippen LogP contribution is 2.19. The van der Waals surface area contributed by atoms with Gasteiger partial charge < -0.3 is 5.32 Å². The van der Waals surface area contributed by atoms with E-state index in [1.54, 1.807) is 13.0 Å². The fourth-order valence-corrected chi connectivity index (χ4v) is 1.58. The number of nitrogens with one attached hydrogen (secondary N) is 2. The highest BCUT2D eigenvalue weighted by molar-refractivity contribution is 5.81. The zero-order valence-electron chi connectivity index (χ0n) is 9.29. The molecular weight excluding hydrogens is 192 g/mol. The molecule has 0 heterocycles. The second kappa shape index (κ2) is 6.58. The normalized spacial score (nSPS) is 18.7. The van der Waals surface area contributed by atoms with Crippen LogP contribution >= 0.6 is 0 Å². The molecule has 1 saturated carbocycles. The third-order valence-electron chi connectivity index (χ3n) is 2.53. The van der Waals surface area contributed by atoms with Gasteiger partial charge in [0.05, 0.1) is 6.10 Å². The monoisotopic (exact) mass is 212 g/mol. The number of amides is 1. The summed E-state index contributed by atoms with van der Waals surface area (Å²) in [4.78, 5) is 16.8. The summed E-state index contributed by atoms with van der Waals surface area (Å²) in [5.74, 6) is -0.0621. The Morgan fingerprint density at radius 3 is 2.87 bits per heavy atom. The van der Waals surface area contributed by atoms with Crippen LogP contribution in [0.15, 0.2) is 12.7 Å². The van der Waals surface area contributed by atoms with E-state index in [1.165, 1.54) is 12.8 Å². The Kier molecular flexibility index (Phi) is 5.36. The molecule has 2 N–H and O–H groups in total. The molecule has 86 valence electrons. The van der Waals surface area contributed by atoms with E-state index in [0.717, 1.165) is 12.8 Å². The molecule has 1 amide bonds. The van der Waals surface area contributed by atoms with Crippen molar-refractivity contribution in [1.82, 2.24) is 10.8 Å². The average Bonchev–Trinajstić information content (AvgIpc) is 2.75. The summed E-state index contributed by atoms with van der Waals surface area (Å²) in [7, 11) is 0. The second-order valence-corrected chi connectivity index (χ2v) is 3.90. The van der Waals surface area contributed by atoms with Crippen LogP contribution in [0.1, 0.15) is 32.6 Å². The summed E-state index contributed by atoms with van der Waals surface area (Å²) < 4.78 is 0. The first-order valence-corrected chi connectivity index (χ1v) is 5.54. The standard InChI is InChI=1S/C11H20N2O2/c1-3-8-12-11(14)9(2)13-15-10-6-4-5-7-10/h3,9-10,13H,1,4-8H2,2H3,(H,12,14). The zero-order valence-corrected chi connectivity index (χ0v) is 9.29. The molecule has 4 nitrogen and oxygen atoms in total. The lowest BCUT2D eigenvalue weighted by atomic mass is 10.3. The predicted molar refractivity (Wildman–Crippen MR) is 59.1 cm³/mol. The van der Waals surface area contributed by atoms with E-state index in [2.05, 4.69) is 17.4 Å². The van der Waals surface area contributed by atoms with Gasteiger partial charge in [-0.1, -0.05) is 18.9 Å². The third kappa shape index (κ3) is 4.44. The molecule has 15 heavy (non-hydrogen) atoms. The SMILES string of the molecule is C=CCNC(=O)C(C)NOC1CCCC1. The topological polar surface area (TPSA) is 50.4 Å². The molecule has 0 aromatic rings. The largest absolute Gasteiger partial charge is 0.351 e. The van der Waals surface area contributed by atoms with Crippen LogP contribution in [0, 0.1) is 0 Å². The number of hydrogen-bond donors (Lipinski definition) is 2. The summed E-state index contributed by atoms with van der Waals surface area (Å²) in [6.07, 6.45) is 6.57. The Morgan fingerprint density at radius 1 is 1.60 bits per heavy atom. The predicted octanol–water partition coefficient (Wildman–Crippen LogP) is 1.14. The van der Waals surface area contributed by atoms with Crippen molar-refractivity contribution in [3.8, 4) is 0 Å². The Labute approximate surface area is 91.0 Å². The maximum absolute atomic E-state index is 11.4. The van der Waals surface area contributed by atoms with Crippen LogP contribution in [-0.2, 0) is 9.63 Å². The number of rotatable bonds is 6. The van der Waals surface area contributed by atoms with Gasteiger partial charge >= 0.3 is 0 Å². The lowest BCUT2D eigenvalue weighted by Crippen LogP contribution is -2.43. The summed E-state index contributed by atoms with van der Waals surface area (Å²) in [6, 6.07) is -0.314. The van der Waals surface area contributed by atoms with Crippen molar-refractivity contribution in [2.75, 3.05) is 6.54 Å². The number of hydrogen-bond acceptors (Lipinski definition) is 3. The van der Waals surface area contributed by atoms with E-state index in [0.29, 0.717) is 6.54 Å². The summed E-state index contributed by atoms with van der Waals surface area (Å²) in [6.45, 7) is 5.81. The maximum Gasteiger partial charge on any atom is 0.239 e. The summed E-state index contributed by atoms with van der Waals surface area (Å²) in [5, 5.41) is 2.71. The van der Waals surface area contributed by atoms with E-state index in [1.807, 2.05) is 0 Å². The van der Waals surface area contributed by atoms with Crippen molar-refractivity contribution in [2.24, 2.45) is 0 Å². The first-order chi connectivity index (χ1) is 7.24. The van der Waals surface area contributed by atoms with Gasteiger partial charge in [0.1, 0.15) is 6.04 Å². The van der Waals surface area contributed by atoms with Crippen molar-refractivity contribution in [3.05, 3.63) is 12.7 Å². The van der Waals surface area contributed by atoms with E-state index < -0.39 is 0 Å². The first kappa shape index (κ1) is 12.2. The van der Waals surface area contributed by atoms with E-state index in [4.69, 9.17) is 4.84 Å². The summed E-state index contributed by atoms with van der Waals surface area (Å²) in [5.41, 5.74) is 2.79. The molecule has 0 aromatic heterocycles. The van der Waals surface area contributed by atoms with Crippen molar-refractivity contribution >= 4 is 5.91 Å². The lowest BCUT2D eigenvalue weighted by Gasteiger charge is -2.16. The zero-order chi connectivity index (χ0) is 11.1. The Hall–Kier alpha value is -0.870. The Balaban J connectivity index is 2.13. The molecule has 1 atom stereocenters. The van der Waals surface area contributed by atoms with Gasteiger partial charge in [0.2, 0.25) is 5.91 Å². The molecule has 1 aliphatic carbocycles. The number of carbonyl (C=O) groups is 1. The van der Waals surface area contributed by atoms with Crippen molar-refractivity contribution < 1.29 is 9.63 Å². The van der Waals surface area contributed by atoms with Crippen LogP contribution in [-0.4, -0.2) is 24.6 Å². The molecule has 1 unspecified atom stereocenters. The molecule has 1 rings (SSSR count). The van der Waals surface area contributed by atoms with Crippen molar-refractivity contribution in [1.29, 1.82) is 0 Å². The molecule has 0 radical (unpaired) electrons. The highest BCUT2D eigenvalue weighted by atomic mass is 16.7. The smallest absolute Gasteiger partial charge is 0.239 e. The van der Waals surface area contributed by atoms with Crippen LogP contribution < -0.4 is 10.8 Å². The van der Waals surface area contributed by atoms with Crippen LogP contribution in [0.2, 0.25) is 0 Å². The minimum atomic E-state index is -0.314. The minimum absolute atomic E-state index is 0.0621. The van der Waals surface area contributed by atoms with Crippen LogP contribution in [0.3, 0.4) is 0 Å². The maximum atomic E-state index is 11.4. The van der Waals surface area contributed by atoms with Crippen LogP contribution in [0.25, 0.3) is 0 Å². The Morgan fingerprint density at radius 2 is 2.27 bits per heavy atom. The van der Waals surface area contributed by atoms with Crippen LogP contribution in [0.5, 0.6) is 0 Å². The van der Waals surface area contributed by atoms with Gasteiger partial charge in [-0.2, -0.15) is 5.48 Å². The molecule has 1 aliphatic rings. The lowest BCUT2D eigenvalue weighted by molar-refractivity contribution is -0.128. The average molecular weight is 212 g/mol. The van der Waals surface area contributed by atoms with Gasteiger partial charge in [0.15, 0.2) is 0 Å². The Bertz CT molecular complexity index is 213. The van der Waals surface area contributed by atoms with Gasteiger partial charge in [-0.05, 0) is 19.8 Å². The molecular formula is C11H20N2O2. The highest BCUT2D eigenvalue weighted by Gasteiger charge is 2.18. The fourth-order valence-electron chi connectivity index (χ4n) is 1.58. The van der Waals surface area contributed by atoms with Gasteiger partial charge in [-0.3, -0.25) is 9.63 Å². The molecule has 0 saturated heterocycles. The van der Waals surface area contributed by atoms with Crippen molar-refractivity contribution in [2.45, 2.75) is 44.8 Å². The quantitative estimate of drug-likeness (QED) is 0.513. The minimum Gasteiger partial charge on any atom is -0.351 e. The number of hydroxylamine groups is 1. The molecule has 4 heteroatoms. The molecule has 1 fully saturated rings. The van der Waals surface area contributed by atoms with E-state index in [9.17, 15) is 4.79 Å². The van der Waals surface area contributed by atoms with Gasteiger partial charge in [-0.25, -0.2) is 0 Å². The van der Waals surface area contributed by atoms with Gasteiger partial charge in [0.25, 0.3) is 0 Å². The molecule has 0 aliphatic heterocycles. The van der Waals surface area contributed by atoms with Gasteiger partial charge in [0, 0.05) is 6.54 Å². The second-order valence-electron chi connectivity index (χ2n) is 3.90. The number of carbonyl (C=O) groups excluding carboxylic acids is 1. The molecule has 0 aromatic carbocycles. The third-order valence-corrected chi connectivity index (χ3v) is 2.53. The van der Waals surface area contributed by atoms with Gasteiger partial charge in [-0.15, -0.1) is 6.58 Å². The summed E-state index contributed by atoms with van der Waals surface area (Å²) >= 11 is 0. The molecule has 0 spiro atoms. The fraction of sp³-hybridized carbons (Fsp3) is 0.727. The first-order valence-electron chi connectivity index (χ1n) is 5.54. The molecule has 0 bridgehead atoms. The van der Waals surface area contributed by atoms with Crippen LogP contribution in [0.4, 0.5) is 0 Å². The van der Waals surface area contributed by atoms with E-state index in [-0.39, 0.29) is 18.1 Å². The van der Waals surface area contributed by atoms with Crippen molar-refractivity contribution in [3.63, 3.8) is 0 Å².